The highest BCUT2D eigenvalue weighted by Crippen LogP contribution is 2.28. The van der Waals surface area contributed by atoms with E-state index in [2.05, 4.69) is 51.8 Å². The van der Waals surface area contributed by atoms with Crippen molar-refractivity contribution in [2.24, 2.45) is 10.4 Å². The largest absolute Gasteiger partial charge is 0.356 e. The van der Waals surface area contributed by atoms with Gasteiger partial charge >= 0.3 is 0 Å². The second-order valence-electron chi connectivity index (χ2n) is 6.81. The zero-order chi connectivity index (χ0) is 15.5. The molecule has 1 aromatic heterocycles. The normalized spacial score (nSPS) is 18.3. The molecule has 0 saturated carbocycles. The zero-order valence-corrected chi connectivity index (χ0v) is 14.1. The molecule has 0 bridgehead atoms. The van der Waals surface area contributed by atoms with Crippen LogP contribution in [0.1, 0.15) is 38.1 Å². The van der Waals surface area contributed by atoms with Gasteiger partial charge in [-0.25, -0.2) is 0 Å². The van der Waals surface area contributed by atoms with E-state index < -0.39 is 0 Å². The fourth-order valence-electron chi connectivity index (χ4n) is 2.96. The summed E-state index contributed by atoms with van der Waals surface area (Å²) < 4.78 is 2.08. The standard InChI is InChI=1S/C16H29N5/c1-13-11-14(2)21(19-13)9-6-8-18-15(17-5)20-10-7-16(3,4)12-20/h11H,6-10,12H2,1-5H3,(H,17,18). The molecule has 0 amide bonds. The van der Waals surface area contributed by atoms with Gasteiger partial charge in [0.15, 0.2) is 5.96 Å². The van der Waals surface area contributed by atoms with Gasteiger partial charge in [-0.05, 0) is 38.2 Å². The molecule has 0 atom stereocenters. The first kappa shape index (κ1) is 15.9. The predicted octanol–water partition coefficient (Wildman–Crippen LogP) is 2.20. The average Bonchev–Trinajstić information content (AvgIpc) is 2.92. The van der Waals surface area contributed by atoms with Crippen molar-refractivity contribution in [3.8, 4) is 0 Å². The van der Waals surface area contributed by atoms with Gasteiger partial charge in [0.2, 0.25) is 0 Å². The lowest BCUT2D eigenvalue weighted by molar-refractivity contribution is 0.369. The van der Waals surface area contributed by atoms with Gasteiger partial charge in [0.05, 0.1) is 5.69 Å². The summed E-state index contributed by atoms with van der Waals surface area (Å²) in [5.41, 5.74) is 2.73. The molecule has 5 heteroatoms. The van der Waals surface area contributed by atoms with Crippen molar-refractivity contribution < 1.29 is 0 Å². The van der Waals surface area contributed by atoms with Crippen LogP contribution in [0.3, 0.4) is 0 Å². The van der Waals surface area contributed by atoms with Crippen molar-refractivity contribution in [2.45, 2.75) is 47.1 Å². The maximum Gasteiger partial charge on any atom is 0.193 e. The molecule has 2 rings (SSSR count). The van der Waals surface area contributed by atoms with E-state index in [1.807, 2.05) is 14.0 Å². The third kappa shape index (κ3) is 4.22. The Kier molecular flexibility index (Phi) is 4.91. The van der Waals surface area contributed by atoms with Crippen LogP contribution in [0.25, 0.3) is 0 Å². The smallest absolute Gasteiger partial charge is 0.193 e. The van der Waals surface area contributed by atoms with Crippen LogP contribution < -0.4 is 5.32 Å². The van der Waals surface area contributed by atoms with Gasteiger partial charge in [0, 0.05) is 38.9 Å². The van der Waals surface area contributed by atoms with Crippen molar-refractivity contribution in [2.75, 3.05) is 26.7 Å². The van der Waals surface area contributed by atoms with Gasteiger partial charge < -0.3 is 10.2 Å². The summed E-state index contributed by atoms with van der Waals surface area (Å²) in [5, 5.41) is 7.97. The second-order valence-corrected chi connectivity index (χ2v) is 6.81. The Morgan fingerprint density at radius 3 is 2.71 bits per heavy atom. The number of rotatable bonds is 4. The minimum atomic E-state index is 0.404. The third-order valence-electron chi connectivity index (χ3n) is 4.12. The number of likely N-dealkylation sites (tertiary alicyclic amines) is 1. The fraction of sp³-hybridized carbons (Fsp3) is 0.750. The van der Waals surface area contributed by atoms with Crippen molar-refractivity contribution in [3.63, 3.8) is 0 Å². The molecular weight excluding hydrogens is 262 g/mol. The maximum absolute atomic E-state index is 4.49. The van der Waals surface area contributed by atoms with Crippen LogP contribution in [-0.4, -0.2) is 47.3 Å². The quantitative estimate of drug-likeness (QED) is 0.525. The Morgan fingerprint density at radius 1 is 1.43 bits per heavy atom. The van der Waals surface area contributed by atoms with Crippen LogP contribution in [0.5, 0.6) is 0 Å². The second kappa shape index (κ2) is 6.50. The van der Waals surface area contributed by atoms with E-state index >= 15 is 0 Å². The molecule has 2 heterocycles. The van der Waals surface area contributed by atoms with Crippen LogP contribution in [0.2, 0.25) is 0 Å². The summed E-state index contributed by atoms with van der Waals surface area (Å²) in [6.45, 7) is 12.9. The molecule has 0 spiro atoms. The number of nitrogens with zero attached hydrogens (tertiary/aromatic N) is 4. The summed E-state index contributed by atoms with van der Waals surface area (Å²) >= 11 is 0. The summed E-state index contributed by atoms with van der Waals surface area (Å²) in [6.07, 6.45) is 2.29. The molecular formula is C16H29N5. The first-order valence-electron chi connectivity index (χ1n) is 7.88. The molecule has 0 aromatic carbocycles. The van der Waals surface area contributed by atoms with E-state index in [4.69, 9.17) is 0 Å². The number of hydrogen-bond acceptors (Lipinski definition) is 2. The lowest BCUT2D eigenvalue weighted by Gasteiger charge is -2.23. The van der Waals surface area contributed by atoms with E-state index in [9.17, 15) is 0 Å². The van der Waals surface area contributed by atoms with Crippen molar-refractivity contribution in [1.82, 2.24) is 20.0 Å². The summed E-state index contributed by atoms with van der Waals surface area (Å²) in [5.74, 6) is 1.04. The molecule has 0 aliphatic carbocycles. The highest BCUT2D eigenvalue weighted by atomic mass is 15.3. The van der Waals surface area contributed by atoms with Crippen LogP contribution in [0.4, 0.5) is 0 Å². The number of guanidine groups is 1. The minimum absolute atomic E-state index is 0.404. The van der Waals surface area contributed by atoms with Gasteiger partial charge in [0.1, 0.15) is 0 Å². The molecule has 1 aliphatic rings. The summed E-state index contributed by atoms with van der Waals surface area (Å²) in [4.78, 5) is 6.78. The molecule has 1 saturated heterocycles. The number of nitrogens with one attached hydrogen (secondary N) is 1. The van der Waals surface area contributed by atoms with Crippen LogP contribution in [-0.2, 0) is 6.54 Å². The number of hydrogen-bond donors (Lipinski definition) is 1. The van der Waals surface area contributed by atoms with E-state index in [0.29, 0.717) is 5.41 Å². The number of aliphatic imine (C=N–C) groups is 1. The first-order chi connectivity index (χ1) is 9.91. The topological polar surface area (TPSA) is 45.5 Å². The Hall–Kier alpha value is -1.52. The third-order valence-corrected chi connectivity index (χ3v) is 4.12. The lowest BCUT2D eigenvalue weighted by Crippen LogP contribution is -2.41. The van der Waals surface area contributed by atoms with E-state index in [1.165, 1.54) is 12.1 Å². The van der Waals surface area contributed by atoms with Crippen LogP contribution in [0.15, 0.2) is 11.1 Å². The zero-order valence-electron chi connectivity index (χ0n) is 14.1. The Labute approximate surface area is 128 Å². The van der Waals surface area contributed by atoms with E-state index in [0.717, 1.165) is 44.3 Å². The predicted molar refractivity (Wildman–Crippen MR) is 87.7 cm³/mol. The minimum Gasteiger partial charge on any atom is -0.356 e. The highest BCUT2D eigenvalue weighted by molar-refractivity contribution is 5.80. The monoisotopic (exact) mass is 291 g/mol. The number of aromatic nitrogens is 2. The Bertz CT molecular complexity index is 501. The fourth-order valence-corrected chi connectivity index (χ4v) is 2.96. The number of aryl methyl sites for hydroxylation is 3. The first-order valence-corrected chi connectivity index (χ1v) is 7.88. The van der Waals surface area contributed by atoms with Gasteiger partial charge in [-0.15, -0.1) is 0 Å². The molecule has 1 N–H and O–H groups in total. The van der Waals surface area contributed by atoms with Crippen molar-refractivity contribution >= 4 is 5.96 Å². The van der Waals surface area contributed by atoms with Gasteiger partial charge in [0.25, 0.3) is 0 Å². The lowest BCUT2D eigenvalue weighted by atomic mass is 9.93. The molecule has 0 radical (unpaired) electrons. The maximum atomic E-state index is 4.49. The molecule has 1 fully saturated rings. The molecule has 21 heavy (non-hydrogen) atoms. The van der Waals surface area contributed by atoms with Crippen LogP contribution >= 0.6 is 0 Å². The average molecular weight is 291 g/mol. The van der Waals surface area contributed by atoms with Gasteiger partial charge in [-0.2, -0.15) is 5.10 Å². The van der Waals surface area contributed by atoms with Gasteiger partial charge in [-0.1, -0.05) is 13.8 Å². The van der Waals surface area contributed by atoms with Crippen LogP contribution in [0, 0.1) is 19.3 Å². The van der Waals surface area contributed by atoms with E-state index in [1.54, 1.807) is 0 Å². The highest BCUT2D eigenvalue weighted by Gasteiger charge is 2.30. The summed E-state index contributed by atoms with van der Waals surface area (Å²) in [6, 6.07) is 2.12. The molecule has 0 unspecified atom stereocenters. The summed E-state index contributed by atoms with van der Waals surface area (Å²) in [7, 11) is 1.87. The molecule has 1 aromatic rings. The molecule has 5 nitrogen and oxygen atoms in total. The Balaban J connectivity index is 1.76. The van der Waals surface area contributed by atoms with Gasteiger partial charge in [-0.3, -0.25) is 9.67 Å². The Morgan fingerprint density at radius 2 is 2.19 bits per heavy atom. The van der Waals surface area contributed by atoms with E-state index in [-0.39, 0.29) is 0 Å². The SMILES string of the molecule is CN=C(NCCCn1nc(C)cc1C)N1CCC(C)(C)C1. The van der Waals surface area contributed by atoms with Crippen molar-refractivity contribution in [3.05, 3.63) is 17.5 Å². The molecule has 118 valence electrons. The molecule has 1 aliphatic heterocycles. The van der Waals surface area contributed by atoms with Crippen molar-refractivity contribution in [1.29, 1.82) is 0 Å².